The molecule has 1 aromatic heterocycles. The number of hydrogen-bond acceptors (Lipinski definition) is 1. The zero-order chi connectivity index (χ0) is 6.69. The molecule has 0 amide bonds. The molecule has 0 aromatic carbocycles. The van der Waals surface area contributed by atoms with Crippen molar-refractivity contribution in [1.29, 1.82) is 0 Å². The van der Waals surface area contributed by atoms with Crippen molar-refractivity contribution < 1.29 is 0 Å². The Morgan fingerprint density at radius 1 is 1.78 bits per heavy atom. The molecule has 0 atom stereocenters. The molecule has 0 aliphatic carbocycles. The SMILES string of the molecule is [CH2]c1cn(CC=C)cn1. The molecule has 0 saturated heterocycles. The van der Waals surface area contributed by atoms with E-state index in [9.17, 15) is 0 Å². The predicted octanol–water partition coefficient (Wildman–Crippen LogP) is 1.25. The number of imidazole rings is 1. The van der Waals surface area contributed by atoms with Crippen LogP contribution >= 0.6 is 0 Å². The van der Waals surface area contributed by atoms with Crippen molar-refractivity contribution in [1.82, 2.24) is 9.55 Å². The molecule has 0 N–H and O–H groups in total. The Kier molecular flexibility index (Phi) is 1.68. The van der Waals surface area contributed by atoms with E-state index >= 15 is 0 Å². The van der Waals surface area contributed by atoms with E-state index in [1.165, 1.54) is 0 Å². The highest BCUT2D eigenvalue weighted by Crippen LogP contribution is 1.92. The molecule has 1 rings (SSSR count). The summed E-state index contributed by atoms with van der Waals surface area (Å²) in [7, 11) is 0. The number of allylic oxidation sites excluding steroid dienone is 1. The molecule has 0 aliphatic heterocycles. The maximum atomic E-state index is 3.94. The molecule has 0 fully saturated rings. The van der Waals surface area contributed by atoms with E-state index < -0.39 is 0 Å². The van der Waals surface area contributed by atoms with Crippen LogP contribution < -0.4 is 0 Å². The van der Waals surface area contributed by atoms with E-state index in [-0.39, 0.29) is 0 Å². The molecular formula is C7H9N2. The second-order valence-corrected chi connectivity index (χ2v) is 1.85. The molecular weight excluding hydrogens is 112 g/mol. The molecule has 0 aliphatic rings. The zero-order valence-electron chi connectivity index (χ0n) is 5.25. The molecule has 2 heteroatoms. The lowest BCUT2D eigenvalue weighted by atomic mass is 10.5. The number of nitrogens with zero attached hydrogens (tertiary/aromatic N) is 2. The summed E-state index contributed by atoms with van der Waals surface area (Å²) in [5.41, 5.74) is 0.803. The summed E-state index contributed by atoms with van der Waals surface area (Å²) >= 11 is 0. The Morgan fingerprint density at radius 3 is 3.00 bits per heavy atom. The second-order valence-electron chi connectivity index (χ2n) is 1.85. The van der Waals surface area contributed by atoms with Crippen LogP contribution in [0.4, 0.5) is 0 Å². The Bertz CT molecular complexity index is 200. The van der Waals surface area contributed by atoms with Crippen molar-refractivity contribution in [2.75, 3.05) is 0 Å². The van der Waals surface area contributed by atoms with Crippen LogP contribution in [0.2, 0.25) is 0 Å². The third kappa shape index (κ3) is 1.42. The molecule has 0 spiro atoms. The van der Waals surface area contributed by atoms with E-state index in [1.54, 1.807) is 6.33 Å². The van der Waals surface area contributed by atoms with Gasteiger partial charge in [-0.15, -0.1) is 6.58 Å². The lowest BCUT2D eigenvalue weighted by molar-refractivity contribution is 0.822. The van der Waals surface area contributed by atoms with Gasteiger partial charge in [-0.25, -0.2) is 4.98 Å². The third-order valence-corrected chi connectivity index (χ3v) is 1.03. The van der Waals surface area contributed by atoms with Gasteiger partial charge in [-0.3, -0.25) is 0 Å². The molecule has 47 valence electrons. The molecule has 9 heavy (non-hydrogen) atoms. The molecule has 2 nitrogen and oxygen atoms in total. The summed E-state index contributed by atoms with van der Waals surface area (Å²) in [6.07, 6.45) is 5.44. The van der Waals surface area contributed by atoms with E-state index in [4.69, 9.17) is 0 Å². The van der Waals surface area contributed by atoms with Crippen LogP contribution in [0.15, 0.2) is 25.2 Å². The highest BCUT2D eigenvalue weighted by atomic mass is 15.0. The summed E-state index contributed by atoms with van der Waals surface area (Å²) in [4.78, 5) is 3.94. The first-order valence-corrected chi connectivity index (χ1v) is 2.77. The van der Waals surface area contributed by atoms with Gasteiger partial charge in [0.2, 0.25) is 0 Å². The predicted molar refractivity (Wildman–Crippen MR) is 36.9 cm³/mol. The van der Waals surface area contributed by atoms with Crippen LogP contribution in [0.5, 0.6) is 0 Å². The number of aromatic nitrogens is 2. The average Bonchev–Trinajstić information content (AvgIpc) is 2.17. The number of rotatable bonds is 2. The lowest BCUT2D eigenvalue weighted by Crippen LogP contribution is -1.88. The fraction of sp³-hybridized carbons (Fsp3) is 0.143. The smallest absolute Gasteiger partial charge is 0.0952 e. The van der Waals surface area contributed by atoms with Gasteiger partial charge in [0.25, 0.3) is 0 Å². The standard InChI is InChI=1S/C7H9N2/c1-3-4-9-5-7(2)8-6-9/h3,5-6H,1-2,4H2. The average molecular weight is 121 g/mol. The fourth-order valence-corrected chi connectivity index (χ4v) is 0.655. The van der Waals surface area contributed by atoms with Crippen molar-refractivity contribution in [2.45, 2.75) is 6.54 Å². The van der Waals surface area contributed by atoms with Gasteiger partial charge in [0.1, 0.15) is 0 Å². The largest absolute Gasteiger partial charge is 0.333 e. The third-order valence-electron chi connectivity index (χ3n) is 1.03. The Balaban J connectivity index is 2.72. The monoisotopic (exact) mass is 121 g/mol. The number of hydrogen-bond donors (Lipinski definition) is 0. The normalized spacial score (nSPS) is 9.44. The molecule has 1 aromatic rings. The van der Waals surface area contributed by atoms with E-state index in [0.717, 1.165) is 12.2 Å². The molecule has 0 saturated carbocycles. The Labute approximate surface area is 54.8 Å². The maximum Gasteiger partial charge on any atom is 0.0952 e. The second kappa shape index (κ2) is 2.49. The summed E-state index contributed by atoms with van der Waals surface area (Å²) in [5.74, 6) is 0. The highest BCUT2D eigenvalue weighted by molar-refractivity contribution is 5.00. The maximum absolute atomic E-state index is 3.94. The van der Waals surface area contributed by atoms with Gasteiger partial charge >= 0.3 is 0 Å². The summed E-state index contributed by atoms with van der Waals surface area (Å²) in [5, 5.41) is 0. The lowest BCUT2D eigenvalue weighted by Gasteiger charge is -1.90. The van der Waals surface area contributed by atoms with Crippen LogP contribution in [-0.4, -0.2) is 9.55 Å². The van der Waals surface area contributed by atoms with Gasteiger partial charge in [-0.1, -0.05) is 6.08 Å². The molecule has 0 unspecified atom stereocenters. The van der Waals surface area contributed by atoms with Crippen molar-refractivity contribution in [3.8, 4) is 0 Å². The van der Waals surface area contributed by atoms with E-state index in [2.05, 4.69) is 18.5 Å². The van der Waals surface area contributed by atoms with Crippen LogP contribution in [0.25, 0.3) is 0 Å². The van der Waals surface area contributed by atoms with Gasteiger partial charge < -0.3 is 4.57 Å². The van der Waals surface area contributed by atoms with Crippen LogP contribution in [-0.2, 0) is 6.54 Å². The summed E-state index contributed by atoms with van der Waals surface area (Å²) < 4.78 is 1.93. The molecule has 0 bridgehead atoms. The van der Waals surface area contributed by atoms with Gasteiger partial charge in [-0.2, -0.15) is 0 Å². The summed E-state index contributed by atoms with van der Waals surface area (Å²) in [6, 6.07) is 0. The zero-order valence-corrected chi connectivity index (χ0v) is 5.25. The van der Waals surface area contributed by atoms with Gasteiger partial charge in [-0.05, 0) is 6.92 Å². The topological polar surface area (TPSA) is 17.8 Å². The minimum absolute atomic E-state index is 0.803. The molecule has 1 radical (unpaired) electrons. The van der Waals surface area contributed by atoms with Crippen LogP contribution in [0.3, 0.4) is 0 Å². The van der Waals surface area contributed by atoms with Crippen molar-refractivity contribution in [3.05, 3.63) is 37.8 Å². The first-order chi connectivity index (χ1) is 4.33. The van der Waals surface area contributed by atoms with E-state index in [0.29, 0.717) is 0 Å². The van der Waals surface area contributed by atoms with E-state index in [1.807, 2.05) is 16.8 Å². The van der Waals surface area contributed by atoms with Crippen molar-refractivity contribution >= 4 is 0 Å². The van der Waals surface area contributed by atoms with Crippen LogP contribution in [0, 0.1) is 6.92 Å². The Hall–Kier alpha value is -1.05. The fourth-order valence-electron chi connectivity index (χ4n) is 0.655. The minimum atomic E-state index is 0.803. The van der Waals surface area contributed by atoms with Gasteiger partial charge in [0.15, 0.2) is 0 Å². The van der Waals surface area contributed by atoms with Crippen LogP contribution in [0.1, 0.15) is 5.69 Å². The highest BCUT2D eigenvalue weighted by Gasteiger charge is 1.87. The van der Waals surface area contributed by atoms with Crippen molar-refractivity contribution in [2.24, 2.45) is 0 Å². The first-order valence-electron chi connectivity index (χ1n) is 2.77. The minimum Gasteiger partial charge on any atom is -0.333 e. The molecule has 1 heterocycles. The quantitative estimate of drug-likeness (QED) is 0.538. The first kappa shape index (κ1) is 6.08. The van der Waals surface area contributed by atoms with Gasteiger partial charge in [0, 0.05) is 12.7 Å². The summed E-state index contributed by atoms with van der Waals surface area (Å²) in [6.45, 7) is 8.06. The van der Waals surface area contributed by atoms with Gasteiger partial charge in [0.05, 0.1) is 12.0 Å². The Morgan fingerprint density at radius 2 is 2.56 bits per heavy atom. The van der Waals surface area contributed by atoms with Crippen molar-refractivity contribution in [3.63, 3.8) is 0 Å².